The molecule has 31 heavy (non-hydrogen) atoms. The average molecular weight is 419 g/mol. The second kappa shape index (κ2) is 7.26. The summed E-state index contributed by atoms with van der Waals surface area (Å²) in [5.74, 6) is 1.65. The Bertz CT molecular complexity index is 1370. The largest absolute Gasteiger partial charge is 0.350 e. The molecule has 4 heterocycles. The van der Waals surface area contributed by atoms with Gasteiger partial charge in [-0.3, -0.25) is 9.36 Å². The summed E-state index contributed by atoms with van der Waals surface area (Å²) in [7, 11) is 0. The Morgan fingerprint density at radius 1 is 1.13 bits per heavy atom. The van der Waals surface area contributed by atoms with Crippen LogP contribution in [0.3, 0.4) is 0 Å². The molecule has 9 heteroatoms. The summed E-state index contributed by atoms with van der Waals surface area (Å²) in [4.78, 5) is 28.8. The molecule has 3 aromatic heterocycles. The minimum atomic E-state index is -0.355. The van der Waals surface area contributed by atoms with E-state index in [2.05, 4.69) is 20.1 Å². The van der Waals surface area contributed by atoms with Crippen molar-refractivity contribution in [3.8, 4) is 11.3 Å². The van der Waals surface area contributed by atoms with Gasteiger partial charge in [-0.05, 0) is 32.9 Å². The molecule has 0 amide bonds. The summed E-state index contributed by atoms with van der Waals surface area (Å²) in [5.41, 5.74) is 3.02. The SMILES string of the molecule is CCn1c(C)nc2c(c1=O)CN(c1ncnn3c(C)nc(-c4ccccc4F)c13)CC2. The molecular formula is C22H22FN7O. The van der Waals surface area contributed by atoms with Gasteiger partial charge in [-0.15, -0.1) is 0 Å². The van der Waals surface area contributed by atoms with Crippen LogP contribution >= 0.6 is 0 Å². The van der Waals surface area contributed by atoms with E-state index < -0.39 is 0 Å². The Kier molecular flexibility index (Phi) is 4.53. The van der Waals surface area contributed by atoms with Crippen molar-refractivity contribution in [2.24, 2.45) is 0 Å². The average Bonchev–Trinajstić information content (AvgIpc) is 3.11. The molecule has 0 radical (unpaired) electrons. The van der Waals surface area contributed by atoms with Gasteiger partial charge >= 0.3 is 0 Å². The molecule has 0 N–H and O–H groups in total. The van der Waals surface area contributed by atoms with Crippen molar-refractivity contribution in [3.05, 3.63) is 69.7 Å². The third kappa shape index (κ3) is 2.99. The van der Waals surface area contributed by atoms with E-state index in [0.717, 1.165) is 11.5 Å². The van der Waals surface area contributed by atoms with Gasteiger partial charge in [0.15, 0.2) is 5.82 Å². The van der Waals surface area contributed by atoms with E-state index in [1.807, 2.05) is 25.7 Å². The maximum absolute atomic E-state index is 14.6. The summed E-state index contributed by atoms with van der Waals surface area (Å²) in [5, 5.41) is 4.33. The van der Waals surface area contributed by atoms with Crippen molar-refractivity contribution in [2.75, 3.05) is 11.4 Å². The lowest BCUT2D eigenvalue weighted by Gasteiger charge is -2.29. The van der Waals surface area contributed by atoms with Crippen LogP contribution in [0.4, 0.5) is 10.2 Å². The minimum Gasteiger partial charge on any atom is -0.350 e. The molecule has 1 aliphatic heterocycles. The quantitative estimate of drug-likeness (QED) is 0.508. The molecule has 0 saturated carbocycles. The highest BCUT2D eigenvalue weighted by Gasteiger charge is 2.27. The van der Waals surface area contributed by atoms with Crippen molar-refractivity contribution in [1.29, 1.82) is 0 Å². The summed E-state index contributed by atoms with van der Waals surface area (Å²) in [6, 6.07) is 6.54. The zero-order valence-electron chi connectivity index (χ0n) is 17.6. The van der Waals surface area contributed by atoms with Gasteiger partial charge in [0.2, 0.25) is 0 Å². The number of fused-ring (bicyclic) bond motifs is 2. The van der Waals surface area contributed by atoms with Crippen LogP contribution in [0.1, 0.15) is 29.8 Å². The molecular weight excluding hydrogens is 397 g/mol. The molecule has 0 fully saturated rings. The number of aromatic nitrogens is 6. The van der Waals surface area contributed by atoms with Crippen LogP contribution in [-0.4, -0.2) is 35.7 Å². The molecule has 1 aliphatic rings. The Morgan fingerprint density at radius 3 is 2.71 bits per heavy atom. The molecule has 0 spiro atoms. The fraction of sp³-hybridized carbons (Fsp3) is 0.318. The first-order valence-corrected chi connectivity index (χ1v) is 10.3. The van der Waals surface area contributed by atoms with Crippen molar-refractivity contribution < 1.29 is 4.39 Å². The number of aryl methyl sites for hydroxylation is 2. The lowest BCUT2D eigenvalue weighted by atomic mass is 10.1. The molecule has 0 unspecified atom stereocenters. The van der Waals surface area contributed by atoms with Crippen molar-refractivity contribution in [3.63, 3.8) is 0 Å². The number of halogens is 1. The highest BCUT2D eigenvalue weighted by atomic mass is 19.1. The van der Waals surface area contributed by atoms with Gasteiger partial charge in [0, 0.05) is 25.1 Å². The van der Waals surface area contributed by atoms with Gasteiger partial charge in [0.25, 0.3) is 5.56 Å². The fourth-order valence-electron chi connectivity index (χ4n) is 4.32. The zero-order chi connectivity index (χ0) is 21.7. The lowest BCUT2D eigenvalue weighted by molar-refractivity contribution is 0.614. The van der Waals surface area contributed by atoms with E-state index >= 15 is 0 Å². The number of rotatable bonds is 3. The molecule has 8 nitrogen and oxygen atoms in total. The number of hydrogen-bond acceptors (Lipinski definition) is 6. The van der Waals surface area contributed by atoms with E-state index in [0.29, 0.717) is 60.0 Å². The van der Waals surface area contributed by atoms with Crippen LogP contribution in [0.2, 0.25) is 0 Å². The first-order chi connectivity index (χ1) is 15.0. The summed E-state index contributed by atoms with van der Waals surface area (Å²) >= 11 is 0. The zero-order valence-corrected chi connectivity index (χ0v) is 17.6. The molecule has 5 rings (SSSR count). The highest BCUT2D eigenvalue weighted by molar-refractivity contribution is 5.86. The van der Waals surface area contributed by atoms with E-state index in [1.165, 1.54) is 12.4 Å². The molecule has 0 atom stereocenters. The monoisotopic (exact) mass is 419 g/mol. The summed E-state index contributed by atoms with van der Waals surface area (Å²) < 4.78 is 18.0. The van der Waals surface area contributed by atoms with E-state index in [4.69, 9.17) is 0 Å². The highest BCUT2D eigenvalue weighted by Crippen LogP contribution is 2.33. The first kappa shape index (κ1) is 19.3. The van der Waals surface area contributed by atoms with Crippen LogP contribution < -0.4 is 10.5 Å². The van der Waals surface area contributed by atoms with Gasteiger partial charge < -0.3 is 4.90 Å². The molecule has 0 bridgehead atoms. The van der Waals surface area contributed by atoms with Crippen LogP contribution in [0.5, 0.6) is 0 Å². The Balaban J connectivity index is 1.68. The second-order valence-corrected chi connectivity index (χ2v) is 7.64. The topological polar surface area (TPSA) is 81.2 Å². The third-order valence-corrected chi connectivity index (χ3v) is 5.83. The van der Waals surface area contributed by atoms with Crippen LogP contribution in [-0.2, 0) is 19.5 Å². The van der Waals surface area contributed by atoms with Gasteiger partial charge in [0.1, 0.15) is 35.0 Å². The van der Waals surface area contributed by atoms with E-state index in [1.54, 1.807) is 27.3 Å². The molecule has 4 aromatic rings. The maximum atomic E-state index is 14.6. The number of benzene rings is 1. The maximum Gasteiger partial charge on any atom is 0.258 e. The summed E-state index contributed by atoms with van der Waals surface area (Å²) in [6.07, 6.45) is 2.10. The van der Waals surface area contributed by atoms with Crippen molar-refractivity contribution >= 4 is 11.3 Å². The fourth-order valence-corrected chi connectivity index (χ4v) is 4.32. The normalized spacial score (nSPS) is 13.6. The Hall–Kier alpha value is -3.62. The molecule has 1 aromatic carbocycles. The minimum absolute atomic E-state index is 0.0150. The number of anilines is 1. The second-order valence-electron chi connectivity index (χ2n) is 7.64. The van der Waals surface area contributed by atoms with Crippen LogP contribution in [0.25, 0.3) is 16.8 Å². The smallest absolute Gasteiger partial charge is 0.258 e. The van der Waals surface area contributed by atoms with E-state index in [-0.39, 0.29) is 11.4 Å². The van der Waals surface area contributed by atoms with Crippen LogP contribution in [0.15, 0.2) is 35.4 Å². The first-order valence-electron chi connectivity index (χ1n) is 10.3. The van der Waals surface area contributed by atoms with E-state index in [9.17, 15) is 9.18 Å². The number of nitrogens with zero attached hydrogens (tertiary/aromatic N) is 7. The molecule has 158 valence electrons. The van der Waals surface area contributed by atoms with Gasteiger partial charge in [-0.25, -0.2) is 23.9 Å². The lowest BCUT2D eigenvalue weighted by Crippen LogP contribution is -2.39. The van der Waals surface area contributed by atoms with Crippen molar-refractivity contribution in [2.45, 2.75) is 40.3 Å². The van der Waals surface area contributed by atoms with Gasteiger partial charge in [-0.1, -0.05) is 12.1 Å². The van der Waals surface area contributed by atoms with Gasteiger partial charge in [-0.2, -0.15) is 5.10 Å². The predicted molar refractivity (Wildman–Crippen MR) is 115 cm³/mol. The van der Waals surface area contributed by atoms with Gasteiger partial charge in [0.05, 0.1) is 17.8 Å². The standard InChI is InChI=1S/C22H22FN7O/c1-4-29-13(2)26-18-9-10-28(11-16(18)22(29)31)21-20-19(15-7-5-6-8-17(15)23)27-14(3)30(20)25-12-24-21/h5-8,12H,4,9-11H2,1-3H3. The predicted octanol–water partition coefficient (Wildman–Crippen LogP) is 2.69. The van der Waals surface area contributed by atoms with Crippen molar-refractivity contribution in [1.82, 2.24) is 29.1 Å². The molecule has 0 saturated heterocycles. The third-order valence-electron chi connectivity index (χ3n) is 5.83. The summed E-state index contributed by atoms with van der Waals surface area (Å²) in [6.45, 7) is 7.22. The van der Waals surface area contributed by atoms with Crippen LogP contribution in [0, 0.1) is 19.7 Å². The number of hydrogen-bond donors (Lipinski definition) is 0. The Labute approximate surface area is 178 Å². The number of imidazole rings is 1. The Morgan fingerprint density at radius 2 is 1.94 bits per heavy atom. The molecule has 0 aliphatic carbocycles.